The molecule has 0 heterocycles. The Hall–Kier alpha value is -2.00. The van der Waals surface area contributed by atoms with Gasteiger partial charge in [0.15, 0.2) is 6.10 Å². The molecule has 0 spiro atoms. The van der Waals surface area contributed by atoms with Gasteiger partial charge in [0, 0.05) is 11.6 Å². The molecule has 1 atom stereocenters. The molecule has 0 fully saturated rings. The van der Waals surface area contributed by atoms with Gasteiger partial charge in [-0.25, -0.2) is 0 Å². The van der Waals surface area contributed by atoms with Crippen molar-refractivity contribution in [2.45, 2.75) is 46.1 Å². The number of benzene rings is 2. The summed E-state index contributed by atoms with van der Waals surface area (Å²) in [6.45, 7) is 6.69. The first-order valence-electron chi connectivity index (χ1n) is 8.75. The van der Waals surface area contributed by atoms with E-state index >= 15 is 0 Å². The van der Waals surface area contributed by atoms with Crippen LogP contribution in [0.15, 0.2) is 42.5 Å². The van der Waals surface area contributed by atoms with Gasteiger partial charge in [0.2, 0.25) is 0 Å². The molecule has 2 rings (SSSR count). The molecular weight excluding hydrogens is 334 g/mol. The fourth-order valence-corrected chi connectivity index (χ4v) is 2.67. The van der Waals surface area contributed by atoms with Gasteiger partial charge < -0.3 is 10.1 Å². The number of carbonyl (C=O) groups is 1. The molecule has 4 heteroatoms. The highest BCUT2D eigenvalue weighted by atomic mass is 35.5. The zero-order valence-corrected chi connectivity index (χ0v) is 15.9. The van der Waals surface area contributed by atoms with Gasteiger partial charge in [-0.2, -0.15) is 0 Å². The van der Waals surface area contributed by atoms with Crippen LogP contribution in [0.2, 0.25) is 5.02 Å². The Morgan fingerprint density at radius 2 is 1.84 bits per heavy atom. The molecule has 0 aliphatic heterocycles. The Kier molecular flexibility index (Phi) is 7.32. The summed E-state index contributed by atoms with van der Waals surface area (Å²) in [5.41, 5.74) is 3.60. The van der Waals surface area contributed by atoms with Gasteiger partial charge in [0.1, 0.15) is 5.75 Å². The molecule has 1 N–H and O–H groups in total. The van der Waals surface area contributed by atoms with Crippen LogP contribution >= 0.6 is 11.6 Å². The number of halogens is 1. The lowest BCUT2D eigenvalue weighted by atomic mass is 10.1. The van der Waals surface area contributed by atoms with Gasteiger partial charge in [-0.15, -0.1) is 0 Å². The van der Waals surface area contributed by atoms with Crippen molar-refractivity contribution in [1.82, 2.24) is 5.32 Å². The molecule has 25 heavy (non-hydrogen) atoms. The summed E-state index contributed by atoms with van der Waals surface area (Å²) in [6.07, 6.45) is 1.97. The molecule has 0 unspecified atom stereocenters. The third kappa shape index (κ3) is 6.09. The lowest BCUT2D eigenvalue weighted by molar-refractivity contribution is -0.128. The lowest BCUT2D eigenvalue weighted by Gasteiger charge is -2.18. The van der Waals surface area contributed by atoms with Gasteiger partial charge in [-0.05, 0) is 74.1 Å². The zero-order chi connectivity index (χ0) is 18.2. The number of amides is 1. The van der Waals surface area contributed by atoms with Crippen molar-refractivity contribution in [1.29, 1.82) is 0 Å². The van der Waals surface area contributed by atoms with E-state index in [0.717, 1.165) is 29.2 Å². The van der Waals surface area contributed by atoms with Crippen LogP contribution in [0.3, 0.4) is 0 Å². The predicted octanol–water partition coefficient (Wildman–Crippen LogP) is 4.86. The predicted molar refractivity (Wildman–Crippen MR) is 103 cm³/mol. The highest BCUT2D eigenvalue weighted by molar-refractivity contribution is 6.30. The monoisotopic (exact) mass is 359 g/mol. The molecule has 3 nitrogen and oxygen atoms in total. The number of rotatable bonds is 8. The highest BCUT2D eigenvalue weighted by Gasteiger charge is 2.17. The van der Waals surface area contributed by atoms with Crippen LogP contribution in [-0.2, 0) is 11.2 Å². The third-order valence-electron chi connectivity index (χ3n) is 4.27. The van der Waals surface area contributed by atoms with Crippen molar-refractivity contribution in [3.63, 3.8) is 0 Å². The van der Waals surface area contributed by atoms with Gasteiger partial charge in [-0.3, -0.25) is 4.79 Å². The highest BCUT2D eigenvalue weighted by Crippen LogP contribution is 2.18. The SMILES string of the molecule is CC[C@H](Oc1ccc(C)c(C)c1)C(=O)NCCCc1ccc(Cl)cc1. The number of aryl methyl sites for hydroxylation is 3. The van der Waals surface area contributed by atoms with Crippen molar-refractivity contribution < 1.29 is 9.53 Å². The smallest absolute Gasteiger partial charge is 0.261 e. The molecule has 134 valence electrons. The standard InChI is InChI=1S/C21H26ClNO2/c1-4-20(25-19-12-7-15(2)16(3)14-19)21(24)23-13-5-6-17-8-10-18(22)11-9-17/h7-12,14,20H,4-6,13H2,1-3H3,(H,23,24)/t20-/m0/s1. The number of nitrogens with one attached hydrogen (secondary N) is 1. The summed E-state index contributed by atoms with van der Waals surface area (Å²) in [5, 5.41) is 3.71. The van der Waals surface area contributed by atoms with Crippen LogP contribution in [0.1, 0.15) is 36.5 Å². The molecule has 0 aliphatic rings. The quantitative estimate of drug-likeness (QED) is 0.683. The van der Waals surface area contributed by atoms with Crippen LogP contribution in [0.5, 0.6) is 5.75 Å². The van der Waals surface area contributed by atoms with E-state index in [1.54, 1.807) is 0 Å². The van der Waals surface area contributed by atoms with Crippen LogP contribution in [0.25, 0.3) is 0 Å². The van der Waals surface area contributed by atoms with Gasteiger partial charge >= 0.3 is 0 Å². The average Bonchev–Trinajstić information content (AvgIpc) is 2.61. The second kappa shape index (κ2) is 9.47. The first-order chi connectivity index (χ1) is 12.0. The Bertz CT molecular complexity index is 698. The van der Waals surface area contributed by atoms with E-state index in [1.165, 1.54) is 11.1 Å². The topological polar surface area (TPSA) is 38.3 Å². The number of ether oxygens (including phenoxy) is 1. The van der Waals surface area contributed by atoms with E-state index in [0.29, 0.717) is 13.0 Å². The summed E-state index contributed by atoms with van der Waals surface area (Å²) in [7, 11) is 0. The summed E-state index contributed by atoms with van der Waals surface area (Å²) >= 11 is 5.88. The van der Waals surface area contributed by atoms with E-state index in [4.69, 9.17) is 16.3 Å². The number of hydrogen-bond acceptors (Lipinski definition) is 2. The zero-order valence-electron chi connectivity index (χ0n) is 15.1. The van der Waals surface area contributed by atoms with Gasteiger partial charge in [0.05, 0.1) is 0 Å². The molecule has 2 aromatic rings. The Morgan fingerprint density at radius 3 is 2.48 bits per heavy atom. The van der Waals surface area contributed by atoms with Crippen molar-refractivity contribution in [3.8, 4) is 5.75 Å². The maximum absolute atomic E-state index is 12.3. The fourth-order valence-electron chi connectivity index (χ4n) is 2.54. The third-order valence-corrected chi connectivity index (χ3v) is 4.53. The second-order valence-corrected chi connectivity index (χ2v) is 6.72. The number of carbonyl (C=O) groups excluding carboxylic acids is 1. The molecule has 0 radical (unpaired) electrons. The van der Waals surface area contributed by atoms with E-state index in [9.17, 15) is 4.79 Å². The minimum atomic E-state index is -0.461. The summed E-state index contributed by atoms with van der Waals surface area (Å²) in [6, 6.07) is 13.7. The van der Waals surface area contributed by atoms with E-state index in [1.807, 2.05) is 56.3 Å². The molecule has 0 aromatic heterocycles. The first-order valence-corrected chi connectivity index (χ1v) is 9.13. The van der Waals surface area contributed by atoms with Crippen molar-refractivity contribution in [2.75, 3.05) is 6.54 Å². The van der Waals surface area contributed by atoms with E-state index < -0.39 is 6.10 Å². The lowest BCUT2D eigenvalue weighted by Crippen LogP contribution is -2.38. The molecular formula is C21H26ClNO2. The first kappa shape index (κ1) is 19.3. The molecule has 0 bridgehead atoms. The summed E-state index contributed by atoms with van der Waals surface area (Å²) < 4.78 is 5.86. The van der Waals surface area contributed by atoms with Crippen molar-refractivity contribution >= 4 is 17.5 Å². The van der Waals surface area contributed by atoms with Crippen molar-refractivity contribution in [2.24, 2.45) is 0 Å². The Labute approximate surface area is 155 Å². The van der Waals surface area contributed by atoms with Gasteiger partial charge in [-0.1, -0.05) is 36.7 Å². The molecule has 0 aliphatic carbocycles. The minimum Gasteiger partial charge on any atom is -0.481 e. The maximum atomic E-state index is 12.3. The van der Waals surface area contributed by atoms with Crippen LogP contribution < -0.4 is 10.1 Å². The maximum Gasteiger partial charge on any atom is 0.261 e. The Balaban J connectivity index is 1.79. The normalized spacial score (nSPS) is 11.8. The van der Waals surface area contributed by atoms with Crippen LogP contribution in [-0.4, -0.2) is 18.6 Å². The summed E-state index contributed by atoms with van der Waals surface area (Å²) in [4.78, 5) is 12.3. The van der Waals surface area contributed by atoms with Crippen LogP contribution in [0.4, 0.5) is 0 Å². The number of hydrogen-bond donors (Lipinski definition) is 1. The van der Waals surface area contributed by atoms with E-state index in [-0.39, 0.29) is 5.91 Å². The van der Waals surface area contributed by atoms with Crippen LogP contribution in [0, 0.1) is 13.8 Å². The van der Waals surface area contributed by atoms with E-state index in [2.05, 4.69) is 12.2 Å². The average molecular weight is 360 g/mol. The summed E-state index contributed by atoms with van der Waals surface area (Å²) in [5.74, 6) is 0.683. The molecule has 1 amide bonds. The van der Waals surface area contributed by atoms with Gasteiger partial charge in [0.25, 0.3) is 5.91 Å². The van der Waals surface area contributed by atoms with Crippen molar-refractivity contribution in [3.05, 3.63) is 64.2 Å². The largest absolute Gasteiger partial charge is 0.481 e. The fraction of sp³-hybridized carbons (Fsp3) is 0.381. The molecule has 2 aromatic carbocycles. The molecule has 0 saturated carbocycles. The minimum absolute atomic E-state index is 0.0585. The Morgan fingerprint density at radius 1 is 1.12 bits per heavy atom. The second-order valence-electron chi connectivity index (χ2n) is 6.28. The molecule has 0 saturated heterocycles.